The van der Waals surface area contributed by atoms with E-state index in [1.54, 1.807) is 36.9 Å². The molecule has 0 aliphatic carbocycles. The van der Waals surface area contributed by atoms with Gasteiger partial charge in [-0.2, -0.15) is 0 Å². The molecule has 1 saturated heterocycles. The van der Waals surface area contributed by atoms with Crippen LogP contribution < -0.4 is 4.90 Å². The van der Waals surface area contributed by atoms with Gasteiger partial charge >= 0.3 is 0 Å². The molecule has 5 rings (SSSR count). The monoisotopic (exact) mass is 444 g/mol. The Bertz CT molecular complexity index is 1190. The molecule has 0 N–H and O–H groups in total. The number of nitrogens with zero attached hydrogens (tertiary/aromatic N) is 6. The Balaban J connectivity index is 1.45. The lowest BCUT2D eigenvalue weighted by atomic mass is 10.0. The number of anilines is 1. The van der Waals surface area contributed by atoms with Gasteiger partial charge in [0.15, 0.2) is 0 Å². The van der Waals surface area contributed by atoms with Crippen LogP contribution in [0.3, 0.4) is 0 Å². The number of hydrogen-bond donors (Lipinski definition) is 0. The highest BCUT2D eigenvalue weighted by Crippen LogP contribution is 2.33. The second-order valence-electron chi connectivity index (χ2n) is 7.81. The molecule has 0 atom stereocenters. The number of carbonyl (C=O) groups is 2. The van der Waals surface area contributed by atoms with Crippen LogP contribution in [0.2, 0.25) is 0 Å². The van der Waals surface area contributed by atoms with Crippen molar-refractivity contribution in [3.05, 3.63) is 89.9 Å². The summed E-state index contributed by atoms with van der Waals surface area (Å²) in [6, 6.07) is 11.0. The molecule has 3 aromatic rings. The lowest BCUT2D eigenvalue weighted by molar-refractivity contribution is -0.138. The number of aromatic nitrogens is 3. The molecule has 0 spiro atoms. The molecule has 1 aromatic carbocycles. The minimum absolute atomic E-state index is 0.123. The van der Waals surface area contributed by atoms with Gasteiger partial charge in [-0.25, -0.2) is 14.4 Å². The number of benzene rings is 1. The number of piperazine rings is 1. The molecule has 0 unspecified atom stereocenters. The van der Waals surface area contributed by atoms with Crippen molar-refractivity contribution in [1.82, 2.24) is 24.8 Å². The lowest BCUT2D eigenvalue weighted by Gasteiger charge is -2.36. The van der Waals surface area contributed by atoms with Gasteiger partial charge in [0.25, 0.3) is 11.8 Å². The summed E-state index contributed by atoms with van der Waals surface area (Å²) in [6.45, 7) is 2.39. The maximum absolute atomic E-state index is 13.6. The molecule has 2 aliphatic rings. The lowest BCUT2D eigenvalue weighted by Crippen LogP contribution is -2.48. The van der Waals surface area contributed by atoms with Gasteiger partial charge in [0.05, 0.1) is 12.1 Å². The second kappa shape index (κ2) is 8.78. The fourth-order valence-electron chi connectivity index (χ4n) is 4.14. The molecule has 166 valence electrons. The third-order valence-electron chi connectivity index (χ3n) is 5.77. The SMILES string of the molecule is O=C1C(c2ccc(F)cc2)=C(N2CCN(c3ncccn3)CC2)C(=O)N1Cc1cccnc1. The Hall–Kier alpha value is -4.14. The summed E-state index contributed by atoms with van der Waals surface area (Å²) in [5.41, 5.74) is 1.93. The van der Waals surface area contributed by atoms with Crippen LogP contribution in [0.25, 0.3) is 5.57 Å². The van der Waals surface area contributed by atoms with Crippen molar-refractivity contribution in [1.29, 1.82) is 0 Å². The molecular weight excluding hydrogens is 423 g/mol. The van der Waals surface area contributed by atoms with Crippen LogP contribution in [0.5, 0.6) is 0 Å². The van der Waals surface area contributed by atoms with E-state index in [1.165, 1.54) is 29.2 Å². The molecule has 0 saturated carbocycles. The van der Waals surface area contributed by atoms with Crippen molar-refractivity contribution >= 4 is 23.3 Å². The van der Waals surface area contributed by atoms with Crippen LogP contribution in [0.1, 0.15) is 11.1 Å². The number of imide groups is 1. The molecule has 2 amide bonds. The van der Waals surface area contributed by atoms with E-state index in [9.17, 15) is 14.0 Å². The van der Waals surface area contributed by atoms with Gasteiger partial charge in [0.2, 0.25) is 5.95 Å². The summed E-state index contributed by atoms with van der Waals surface area (Å²) in [6.07, 6.45) is 6.66. The number of pyridine rings is 1. The van der Waals surface area contributed by atoms with Crippen LogP contribution in [-0.4, -0.2) is 62.7 Å². The summed E-state index contributed by atoms with van der Waals surface area (Å²) in [5, 5.41) is 0. The van der Waals surface area contributed by atoms with E-state index in [2.05, 4.69) is 15.0 Å². The summed E-state index contributed by atoms with van der Waals surface area (Å²) < 4.78 is 13.6. The molecule has 0 radical (unpaired) electrons. The fourth-order valence-corrected chi connectivity index (χ4v) is 4.14. The molecule has 33 heavy (non-hydrogen) atoms. The normalized spacial score (nSPS) is 16.7. The summed E-state index contributed by atoms with van der Waals surface area (Å²) in [5.74, 6) is -0.509. The Kier molecular flexibility index (Phi) is 5.52. The van der Waals surface area contributed by atoms with E-state index >= 15 is 0 Å². The molecule has 2 aromatic heterocycles. The first-order valence-corrected chi connectivity index (χ1v) is 10.6. The van der Waals surface area contributed by atoms with Crippen LogP contribution in [0, 0.1) is 5.82 Å². The first kappa shape index (κ1) is 20.7. The molecule has 2 aliphatic heterocycles. The van der Waals surface area contributed by atoms with Gasteiger partial charge in [0.1, 0.15) is 11.5 Å². The highest BCUT2D eigenvalue weighted by Gasteiger charge is 2.42. The van der Waals surface area contributed by atoms with Crippen molar-refractivity contribution < 1.29 is 14.0 Å². The van der Waals surface area contributed by atoms with Gasteiger partial charge in [0, 0.05) is 51.0 Å². The zero-order chi connectivity index (χ0) is 22.8. The van der Waals surface area contributed by atoms with Crippen molar-refractivity contribution in [3.63, 3.8) is 0 Å². The van der Waals surface area contributed by atoms with Crippen LogP contribution in [0.15, 0.2) is 72.9 Å². The first-order chi connectivity index (χ1) is 16.1. The quantitative estimate of drug-likeness (QED) is 0.558. The van der Waals surface area contributed by atoms with E-state index in [0.29, 0.717) is 49.0 Å². The number of carbonyl (C=O) groups excluding carboxylic acids is 2. The van der Waals surface area contributed by atoms with E-state index < -0.39 is 5.82 Å². The number of halogens is 1. The van der Waals surface area contributed by atoms with Crippen molar-refractivity contribution in [2.24, 2.45) is 0 Å². The molecule has 8 nitrogen and oxygen atoms in total. The number of amides is 2. The van der Waals surface area contributed by atoms with Gasteiger partial charge in [-0.05, 0) is 35.4 Å². The van der Waals surface area contributed by atoms with Crippen molar-refractivity contribution in [2.45, 2.75) is 6.54 Å². The Morgan fingerprint density at radius 1 is 0.818 bits per heavy atom. The molecular formula is C24H21FN6O2. The predicted octanol–water partition coefficient (Wildman–Crippen LogP) is 2.11. The molecule has 1 fully saturated rings. The zero-order valence-corrected chi connectivity index (χ0v) is 17.8. The first-order valence-electron chi connectivity index (χ1n) is 10.6. The third-order valence-corrected chi connectivity index (χ3v) is 5.77. The maximum Gasteiger partial charge on any atom is 0.278 e. The van der Waals surface area contributed by atoms with Crippen LogP contribution >= 0.6 is 0 Å². The average molecular weight is 444 g/mol. The third kappa shape index (κ3) is 4.05. The Labute approximate surface area is 190 Å². The molecule has 0 bridgehead atoms. The summed E-state index contributed by atoms with van der Waals surface area (Å²) in [7, 11) is 0. The summed E-state index contributed by atoms with van der Waals surface area (Å²) >= 11 is 0. The van der Waals surface area contributed by atoms with Crippen molar-refractivity contribution in [2.75, 3.05) is 31.1 Å². The Morgan fingerprint density at radius 3 is 2.18 bits per heavy atom. The number of rotatable bonds is 5. The molecule has 4 heterocycles. The van der Waals surface area contributed by atoms with Gasteiger partial charge in [-0.1, -0.05) is 18.2 Å². The van der Waals surface area contributed by atoms with E-state index in [1.807, 2.05) is 15.9 Å². The van der Waals surface area contributed by atoms with Crippen molar-refractivity contribution in [3.8, 4) is 0 Å². The standard InChI is InChI=1S/C24H21FN6O2/c25-19-6-4-18(5-7-19)20-21(23(33)31(22(20)32)16-17-3-1-8-26-15-17)29-11-13-30(14-12-29)24-27-9-2-10-28-24/h1-10,15H,11-14,16H2. The minimum atomic E-state index is -0.402. The minimum Gasteiger partial charge on any atom is -0.363 e. The smallest absolute Gasteiger partial charge is 0.278 e. The zero-order valence-electron chi connectivity index (χ0n) is 17.8. The largest absolute Gasteiger partial charge is 0.363 e. The Morgan fingerprint density at radius 2 is 1.52 bits per heavy atom. The summed E-state index contributed by atoms with van der Waals surface area (Å²) in [4.78, 5) is 44.8. The van der Waals surface area contributed by atoms with Crippen LogP contribution in [-0.2, 0) is 16.1 Å². The van der Waals surface area contributed by atoms with Gasteiger partial charge < -0.3 is 9.80 Å². The second-order valence-corrected chi connectivity index (χ2v) is 7.81. The topological polar surface area (TPSA) is 82.5 Å². The highest BCUT2D eigenvalue weighted by molar-refractivity contribution is 6.35. The fraction of sp³-hybridized carbons (Fsp3) is 0.208. The van der Waals surface area contributed by atoms with E-state index in [0.717, 1.165) is 5.56 Å². The van der Waals surface area contributed by atoms with E-state index in [4.69, 9.17) is 0 Å². The average Bonchev–Trinajstić information content (AvgIpc) is 3.11. The highest BCUT2D eigenvalue weighted by atomic mass is 19.1. The predicted molar refractivity (Wildman–Crippen MR) is 119 cm³/mol. The molecule has 9 heteroatoms. The number of hydrogen-bond acceptors (Lipinski definition) is 7. The van der Waals surface area contributed by atoms with Gasteiger partial charge in [-0.15, -0.1) is 0 Å². The van der Waals surface area contributed by atoms with E-state index in [-0.39, 0.29) is 18.4 Å². The van der Waals surface area contributed by atoms with Crippen LogP contribution in [0.4, 0.5) is 10.3 Å². The van der Waals surface area contributed by atoms with Gasteiger partial charge in [-0.3, -0.25) is 19.5 Å². The maximum atomic E-state index is 13.6.